The Bertz CT molecular complexity index is 1050. The molecule has 1 aromatic carbocycles. The van der Waals surface area contributed by atoms with Gasteiger partial charge >= 0.3 is 12.1 Å². The second-order valence-corrected chi connectivity index (χ2v) is 8.40. The quantitative estimate of drug-likeness (QED) is 0.426. The summed E-state index contributed by atoms with van der Waals surface area (Å²) in [5.74, 6) is -3.27. The molecule has 0 spiro atoms. The molecule has 0 saturated carbocycles. The number of hydrogen-bond acceptors (Lipinski definition) is 6. The fraction of sp³-hybridized carbons (Fsp3) is 0.391. The van der Waals surface area contributed by atoms with Crippen LogP contribution in [0.15, 0.2) is 36.7 Å². The zero-order chi connectivity index (χ0) is 23.5. The summed E-state index contributed by atoms with van der Waals surface area (Å²) in [5.41, 5.74) is 0.533. The van der Waals surface area contributed by atoms with Gasteiger partial charge in [0, 0.05) is 24.4 Å². The molecule has 0 bridgehead atoms. The molecule has 1 aliphatic rings. The van der Waals surface area contributed by atoms with Crippen LogP contribution in [0, 0.1) is 11.6 Å². The van der Waals surface area contributed by atoms with Gasteiger partial charge in [0.1, 0.15) is 5.60 Å². The molecule has 3 rings (SSSR count). The summed E-state index contributed by atoms with van der Waals surface area (Å²) in [5, 5.41) is 2.76. The number of carbonyl (C=O) groups excluding carboxylic acids is 2. The number of nitrogens with one attached hydrogen (secondary N) is 1. The fourth-order valence-electron chi connectivity index (χ4n) is 3.70. The molecule has 1 aliphatic carbocycles. The average molecular weight is 445 g/mol. The van der Waals surface area contributed by atoms with Crippen LogP contribution in [0.3, 0.4) is 0 Å². The Kier molecular flexibility index (Phi) is 6.86. The molecule has 170 valence electrons. The molecule has 2 atom stereocenters. The van der Waals surface area contributed by atoms with Gasteiger partial charge in [-0.3, -0.25) is 9.97 Å². The number of rotatable bonds is 3. The number of aromatic nitrogens is 2. The van der Waals surface area contributed by atoms with E-state index in [1.54, 1.807) is 20.8 Å². The number of methoxy groups -OCH3 is 1. The molecule has 1 aromatic heterocycles. The van der Waals surface area contributed by atoms with Crippen molar-refractivity contribution in [3.8, 4) is 0 Å². The number of nitrogens with zero attached hydrogens (tertiary/aromatic N) is 2. The summed E-state index contributed by atoms with van der Waals surface area (Å²) in [4.78, 5) is 33.3. The molecule has 9 heteroatoms. The largest absolute Gasteiger partial charge is 0.466 e. The van der Waals surface area contributed by atoms with Gasteiger partial charge in [0.25, 0.3) is 0 Å². The topological polar surface area (TPSA) is 90.4 Å². The van der Waals surface area contributed by atoms with E-state index in [9.17, 15) is 18.4 Å². The number of amides is 1. The SMILES string of the molecule is COC(=O)C=C1CCC(c2cccc(F)c2F)C(NC(=O)OC(C)(C)C)c2nccnc21. The summed E-state index contributed by atoms with van der Waals surface area (Å²) >= 11 is 0. The zero-order valence-corrected chi connectivity index (χ0v) is 18.3. The smallest absolute Gasteiger partial charge is 0.408 e. The molecule has 2 aromatic rings. The maximum Gasteiger partial charge on any atom is 0.408 e. The van der Waals surface area contributed by atoms with Crippen molar-refractivity contribution in [2.45, 2.75) is 51.2 Å². The van der Waals surface area contributed by atoms with E-state index in [0.717, 1.165) is 6.07 Å². The number of halogens is 2. The van der Waals surface area contributed by atoms with Crippen molar-refractivity contribution < 1.29 is 27.8 Å². The highest BCUT2D eigenvalue weighted by atomic mass is 19.2. The fourth-order valence-corrected chi connectivity index (χ4v) is 3.70. The maximum atomic E-state index is 14.8. The molecule has 0 fully saturated rings. The van der Waals surface area contributed by atoms with E-state index in [-0.39, 0.29) is 12.0 Å². The van der Waals surface area contributed by atoms with Crippen LogP contribution in [-0.4, -0.2) is 34.7 Å². The van der Waals surface area contributed by atoms with Crippen molar-refractivity contribution in [2.24, 2.45) is 0 Å². The van der Waals surface area contributed by atoms with Crippen molar-refractivity contribution in [2.75, 3.05) is 7.11 Å². The second-order valence-electron chi connectivity index (χ2n) is 8.40. The van der Waals surface area contributed by atoms with Crippen LogP contribution >= 0.6 is 0 Å². The normalized spacial score (nSPS) is 19.6. The van der Waals surface area contributed by atoms with E-state index >= 15 is 0 Å². The van der Waals surface area contributed by atoms with Crippen LogP contribution in [0.2, 0.25) is 0 Å². The first kappa shape index (κ1) is 23.3. The highest BCUT2D eigenvalue weighted by Crippen LogP contribution is 2.43. The Hall–Kier alpha value is -3.36. The molecule has 0 radical (unpaired) electrons. The number of alkyl carbamates (subject to hydrolysis) is 1. The third-order valence-corrected chi connectivity index (χ3v) is 5.00. The lowest BCUT2D eigenvalue weighted by Crippen LogP contribution is -2.38. The van der Waals surface area contributed by atoms with Crippen LogP contribution in [0.4, 0.5) is 13.6 Å². The molecule has 0 saturated heterocycles. The van der Waals surface area contributed by atoms with Crippen molar-refractivity contribution >= 4 is 17.6 Å². The molecular formula is C23H25F2N3O4. The van der Waals surface area contributed by atoms with Gasteiger partial charge < -0.3 is 14.8 Å². The number of ether oxygens (including phenoxy) is 2. The molecule has 1 heterocycles. The van der Waals surface area contributed by atoms with Crippen LogP contribution < -0.4 is 5.32 Å². The summed E-state index contributed by atoms with van der Waals surface area (Å²) in [6.45, 7) is 5.15. The van der Waals surface area contributed by atoms with E-state index in [4.69, 9.17) is 9.47 Å². The predicted octanol–water partition coefficient (Wildman–Crippen LogP) is 4.45. The summed E-state index contributed by atoms with van der Waals surface area (Å²) < 4.78 is 39.0. The predicted molar refractivity (Wildman–Crippen MR) is 112 cm³/mol. The Morgan fingerprint density at radius 3 is 2.59 bits per heavy atom. The first-order valence-electron chi connectivity index (χ1n) is 10.1. The highest BCUT2D eigenvalue weighted by Gasteiger charge is 2.36. The van der Waals surface area contributed by atoms with E-state index in [1.165, 1.54) is 37.7 Å². The molecule has 0 aliphatic heterocycles. The first-order chi connectivity index (χ1) is 15.1. The Labute approximate surface area is 184 Å². The van der Waals surface area contributed by atoms with E-state index in [0.29, 0.717) is 23.4 Å². The number of fused-ring (bicyclic) bond motifs is 1. The third kappa shape index (κ3) is 5.27. The number of allylic oxidation sites excluding steroid dienone is 1. The van der Waals surface area contributed by atoms with Crippen LogP contribution in [-0.2, 0) is 14.3 Å². The van der Waals surface area contributed by atoms with E-state index in [2.05, 4.69) is 15.3 Å². The van der Waals surface area contributed by atoms with Crippen molar-refractivity contribution in [3.05, 3.63) is 65.3 Å². The van der Waals surface area contributed by atoms with Gasteiger partial charge in [-0.1, -0.05) is 12.1 Å². The van der Waals surface area contributed by atoms with Crippen molar-refractivity contribution in [3.63, 3.8) is 0 Å². The minimum Gasteiger partial charge on any atom is -0.466 e. The lowest BCUT2D eigenvalue weighted by Gasteiger charge is -2.28. The number of hydrogen-bond donors (Lipinski definition) is 1. The maximum absolute atomic E-state index is 14.8. The molecule has 7 nitrogen and oxygen atoms in total. The number of benzene rings is 1. The van der Waals surface area contributed by atoms with Gasteiger partial charge in [-0.25, -0.2) is 18.4 Å². The highest BCUT2D eigenvalue weighted by molar-refractivity contribution is 5.91. The standard InChI is InChI=1S/C23H25F2N3O4/c1-23(2,3)32-22(30)28-20-15(14-6-5-7-16(24)18(14)25)9-8-13(12-17(29)31-4)19-21(20)27-11-10-26-19/h5-7,10-12,15,20H,8-9H2,1-4H3,(H,28,30). The lowest BCUT2D eigenvalue weighted by molar-refractivity contribution is -0.134. The first-order valence-corrected chi connectivity index (χ1v) is 10.1. The Morgan fingerprint density at radius 2 is 1.91 bits per heavy atom. The minimum absolute atomic E-state index is 0.0852. The van der Waals surface area contributed by atoms with Crippen molar-refractivity contribution in [1.82, 2.24) is 15.3 Å². The number of carbonyl (C=O) groups is 2. The monoisotopic (exact) mass is 445 g/mol. The minimum atomic E-state index is -1.00. The van der Waals surface area contributed by atoms with E-state index in [1.807, 2.05) is 0 Å². The Morgan fingerprint density at radius 1 is 1.19 bits per heavy atom. The van der Waals surface area contributed by atoms with Gasteiger partial charge in [0.15, 0.2) is 11.6 Å². The van der Waals surface area contributed by atoms with Crippen LogP contribution in [0.25, 0.3) is 5.57 Å². The summed E-state index contributed by atoms with van der Waals surface area (Å²) in [6, 6.07) is 3.03. The lowest BCUT2D eigenvalue weighted by atomic mass is 9.86. The van der Waals surface area contributed by atoms with Crippen LogP contribution in [0.1, 0.15) is 62.5 Å². The number of esters is 1. The molecule has 2 unspecified atom stereocenters. The van der Waals surface area contributed by atoms with E-state index < -0.39 is 41.3 Å². The zero-order valence-electron chi connectivity index (χ0n) is 18.3. The van der Waals surface area contributed by atoms with Gasteiger partial charge in [-0.2, -0.15) is 0 Å². The Balaban J connectivity index is 2.14. The van der Waals surface area contributed by atoms with Gasteiger partial charge in [-0.15, -0.1) is 0 Å². The van der Waals surface area contributed by atoms with Crippen LogP contribution in [0.5, 0.6) is 0 Å². The average Bonchev–Trinajstić information content (AvgIpc) is 2.86. The third-order valence-electron chi connectivity index (χ3n) is 5.00. The molecular weight excluding hydrogens is 420 g/mol. The molecule has 1 amide bonds. The van der Waals surface area contributed by atoms with Gasteiger partial charge in [-0.05, 0) is 50.8 Å². The molecule has 1 N–H and O–H groups in total. The van der Waals surface area contributed by atoms with Crippen molar-refractivity contribution in [1.29, 1.82) is 0 Å². The summed E-state index contributed by atoms with van der Waals surface area (Å²) in [6.07, 6.45) is 4.03. The van der Waals surface area contributed by atoms with Gasteiger partial charge in [0.2, 0.25) is 0 Å². The van der Waals surface area contributed by atoms with Gasteiger partial charge in [0.05, 0.1) is 24.5 Å². The molecule has 32 heavy (non-hydrogen) atoms. The second kappa shape index (κ2) is 9.42. The summed E-state index contributed by atoms with van der Waals surface area (Å²) in [7, 11) is 1.26.